The number of likely N-dealkylation sites (N-methyl/N-ethyl adjacent to an activating group) is 1. The predicted octanol–water partition coefficient (Wildman–Crippen LogP) is 3.67. The number of carbonyl (C=O) groups excluding carboxylic acids is 3. The highest BCUT2D eigenvalue weighted by atomic mass is 35.5. The van der Waals surface area contributed by atoms with Crippen LogP contribution in [0.4, 0.5) is 22.1 Å². The van der Waals surface area contributed by atoms with Gasteiger partial charge in [0.05, 0.1) is 29.2 Å². The summed E-state index contributed by atoms with van der Waals surface area (Å²) in [5.41, 5.74) is 3.95. The molecule has 0 radical (unpaired) electrons. The SMILES string of the molecule is CN1C(=O)CN(c2cc(C3CC3)cn3cc(CNc4cc(NC(=O)[C@H]5C[C@@H]5c5nc(Cl)ccc5C#N)ncn4)nc23)C1=O. The Morgan fingerprint density at radius 1 is 1.14 bits per heavy atom. The molecule has 1 aliphatic heterocycles. The van der Waals surface area contributed by atoms with Crippen LogP contribution in [0.25, 0.3) is 5.65 Å². The van der Waals surface area contributed by atoms with Crippen molar-refractivity contribution in [1.82, 2.24) is 29.2 Å². The first-order valence-electron chi connectivity index (χ1n) is 13.8. The van der Waals surface area contributed by atoms with Crippen molar-refractivity contribution in [3.63, 3.8) is 0 Å². The predicted molar refractivity (Wildman–Crippen MR) is 155 cm³/mol. The first-order chi connectivity index (χ1) is 20.8. The number of nitrogens with zero attached hydrogens (tertiary/aromatic N) is 8. The number of hydrogen-bond acceptors (Lipinski definition) is 9. The minimum absolute atomic E-state index is 0.0221. The number of imidazole rings is 1. The normalized spacial score (nSPS) is 19.6. The molecule has 4 aromatic rings. The molecule has 216 valence electrons. The summed E-state index contributed by atoms with van der Waals surface area (Å²) in [7, 11) is 1.48. The number of pyridine rings is 2. The first-order valence-corrected chi connectivity index (χ1v) is 14.2. The number of hydrogen-bond donors (Lipinski definition) is 2. The summed E-state index contributed by atoms with van der Waals surface area (Å²) in [5, 5.41) is 15.7. The van der Waals surface area contributed by atoms with Crippen molar-refractivity contribution in [1.29, 1.82) is 5.26 Å². The molecular weight excluding hydrogens is 572 g/mol. The number of carbonyl (C=O) groups is 3. The minimum atomic E-state index is -0.370. The third-order valence-corrected chi connectivity index (χ3v) is 8.20. The molecule has 14 heteroatoms. The van der Waals surface area contributed by atoms with Gasteiger partial charge in [-0.3, -0.25) is 19.4 Å². The monoisotopic (exact) mass is 596 g/mol. The molecule has 2 N–H and O–H groups in total. The van der Waals surface area contributed by atoms with Crippen LogP contribution in [0.1, 0.15) is 53.6 Å². The average molecular weight is 597 g/mol. The Labute approximate surface area is 250 Å². The second-order valence-corrected chi connectivity index (χ2v) is 11.4. The topological polar surface area (TPSA) is 162 Å². The number of aromatic nitrogens is 5. The van der Waals surface area contributed by atoms with E-state index >= 15 is 0 Å². The Bertz CT molecular complexity index is 1860. The molecule has 3 aliphatic rings. The van der Waals surface area contributed by atoms with Crippen LogP contribution in [0.5, 0.6) is 0 Å². The van der Waals surface area contributed by atoms with Crippen LogP contribution in [0, 0.1) is 17.2 Å². The zero-order chi connectivity index (χ0) is 29.8. The molecule has 3 fully saturated rings. The maximum absolute atomic E-state index is 12.9. The van der Waals surface area contributed by atoms with E-state index in [0.29, 0.717) is 58.8 Å². The molecule has 1 saturated heterocycles. The van der Waals surface area contributed by atoms with E-state index in [4.69, 9.17) is 16.6 Å². The Balaban J connectivity index is 1.05. The van der Waals surface area contributed by atoms with Gasteiger partial charge in [0.25, 0.3) is 0 Å². The van der Waals surface area contributed by atoms with Crippen molar-refractivity contribution in [2.45, 2.75) is 37.6 Å². The Morgan fingerprint density at radius 3 is 2.70 bits per heavy atom. The summed E-state index contributed by atoms with van der Waals surface area (Å²) >= 11 is 6.01. The summed E-state index contributed by atoms with van der Waals surface area (Å²) < 4.78 is 1.90. The van der Waals surface area contributed by atoms with Gasteiger partial charge >= 0.3 is 6.03 Å². The van der Waals surface area contributed by atoms with Gasteiger partial charge in [0.2, 0.25) is 11.8 Å². The molecule has 5 heterocycles. The third kappa shape index (κ3) is 5.10. The molecule has 13 nitrogen and oxygen atoms in total. The summed E-state index contributed by atoms with van der Waals surface area (Å²) in [6.07, 6.45) is 8.02. The van der Waals surface area contributed by atoms with Crippen LogP contribution in [0.15, 0.2) is 43.0 Å². The van der Waals surface area contributed by atoms with E-state index in [1.165, 1.54) is 18.3 Å². The molecule has 0 aromatic carbocycles. The van der Waals surface area contributed by atoms with Gasteiger partial charge in [-0.1, -0.05) is 11.6 Å². The fourth-order valence-corrected chi connectivity index (χ4v) is 5.55. The third-order valence-electron chi connectivity index (χ3n) is 7.99. The van der Waals surface area contributed by atoms with Crippen molar-refractivity contribution < 1.29 is 14.4 Å². The second-order valence-electron chi connectivity index (χ2n) is 11.0. The van der Waals surface area contributed by atoms with Crippen molar-refractivity contribution in [2.24, 2.45) is 5.92 Å². The first kappa shape index (κ1) is 26.8. The van der Waals surface area contributed by atoms with Gasteiger partial charge in [0.15, 0.2) is 5.65 Å². The van der Waals surface area contributed by atoms with Gasteiger partial charge in [-0.05, 0) is 48.9 Å². The number of anilines is 3. The van der Waals surface area contributed by atoms with Gasteiger partial charge in [0.1, 0.15) is 35.7 Å². The van der Waals surface area contributed by atoms with Crippen LogP contribution >= 0.6 is 11.6 Å². The number of imide groups is 1. The van der Waals surface area contributed by atoms with Crippen molar-refractivity contribution in [3.05, 3.63) is 70.7 Å². The molecule has 0 unspecified atom stereocenters. The second kappa shape index (κ2) is 10.3. The van der Waals surface area contributed by atoms with E-state index < -0.39 is 0 Å². The van der Waals surface area contributed by atoms with Crippen LogP contribution in [0.2, 0.25) is 5.15 Å². The van der Waals surface area contributed by atoms with E-state index in [9.17, 15) is 19.6 Å². The maximum atomic E-state index is 12.9. The molecule has 7 rings (SSSR count). The molecule has 4 amide bonds. The number of fused-ring (bicyclic) bond motifs is 1. The average Bonchev–Trinajstić information content (AvgIpc) is 3.93. The highest BCUT2D eigenvalue weighted by Crippen LogP contribution is 2.48. The quantitative estimate of drug-likeness (QED) is 0.228. The van der Waals surface area contributed by atoms with Crippen LogP contribution in [-0.4, -0.2) is 60.7 Å². The lowest BCUT2D eigenvalue weighted by Gasteiger charge is -2.17. The molecule has 4 aromatic heterocycles. The Morgan fingerprint density at radius 2 is 1.95 bits per heavy atom. The molecule has 2 aliphatic carbocycles. The van der Waals surface area contributed by atoms with Gasteiger partial charge in [0, 0.05) is 37.3 Å². The molecule has 2 saturated carbocycles. The van der Waals surface area contributed by atoms with Crippen molar-refractivity contribution in [2.75, 3.05) is 29.1 Å². The fraction of sp³-hybridized carbons (Fsp3) is 0.310. The zero-order valence-corrected chi connectivity index (χ0v) is 23.7. The highest BCUT2D eigenvalue weighted by molar-refractivity contribution is 6.29. The van der Waals surface area contributed by atoms with E-state index in [2.05, 4.69) is 31.7 Å². The lowest BCUT2D eigenvalue weighted by molar-refractivity contribution is -0.124. The van der Waals surface area contributed by atoms with Crippen molar-refractivity contribution in [3.8, 4) is 6.07 Å². The highest BCUT2D eigenvalue weighted by Gasteiger charge is 2.46. The lowest BCUT2D eigenvalue weighted by Crippen LogP contribution is -2.30. The summed E-state index contributed by atoms with van der Waals surface area (Å²) in [5.74, 6) is 0.260. The van der Waals surface area contributed by atoms with Crippen LogP contribution in [0.3, 0.4) is 0 Å². The lowest BCUT2D eigenvalue weighted by atomic mass is 10.1. The summed E-state index contributed by atoms with van der Waals surface area (Å²) in [6, 6.07) is 8.51. The number of urea groups is 1. The smallest absolute Gasteiger partial charge is 0.331 e. The summed E-state index contributed by atoms with van der Waals surface area (Å²) in [4.78, 5) is 58.0. The van der Waals surface area contributed by atoms with E-state index in [1.807, 2.05) is 22.9 Å². The van der Waals surface area contributed by atoms with E-state index in [-0.39, 0.29) is 41.4 Å². The number of halogens is 1. The van der Waals surface area contributed by atoms with Gasteiger partial charge in [-0.2, -0.15) is 5.26 Å². The molecule has 43 heavy (non-hydrogen) atoms. The zero-order valence-electron chi connectivity index (χ0n) is 23.0. The van der Waals surface area contributed by atoms with Gasteiger partial charge in [-0.25, -0.2) is 24.7 Å². The van der Waals surface area contributed by atoms with Gasteiger partial charge in [-0.15, -0.1) is 0 Å². The summed E-state index contributed by atoms with van der Waals surface area (Å²) in [6.45, 7) is 0.296. The number of rotatable bonds is 8. The van der Waals surface area contributed by atoms with E-state index in [1.54, 1.807) is 18.2 Å². The van der Waals surface area contributed by atoms with Crippen LogP contribution < -0.4 is 15.5 Å². The molecule has 0 bridgehead atoms. The minimum Gasteiger partial charge on any atom is -0.364 e. The van der Waals surface area contributed by atoms with Crippen LogP contribution in [-0.2, 0) is 16.1 Å². The molecule has 0 spiro atoms. The maximum Gasteiger partial charge on any atom is 0.331 e. The Kier molecular flexibility index (Phi) is 6.43. The van der Waals surface area contributed by atoms with E-state index in [0.717, 1.165) is 23.3 Å². The molecular formula is C29H25ClN10O3. The Hall–Kier alpha value is -5.09. The van der Waals surface area contributed by atoms with Crippen molar-refractivity contribution >= 4 is 52.4 Å². The van der Waals surface area contributed by atoms with Gasteiger partial charge < -0.3 is 15.0 Å². The number of nitriles is 1. The molecule has 2 atom stereocenters. The standard InChI is InChI=1S/C29H25ClN10O3/c1-38-25(41)13-40(29(38)43)21-6-17(15-2-3-15)11-39-12-18(35-27(21)39)10-32-23-8-24(34-14-33-23)37-28(42)20-7-19(20)26-16(9-31)4-5-22(30)36-26/h4-6,8,11-12,14-15,19-20H,2-3,7,10,13H2,1H3,(H2,32,33,34,37,42)/t19-,20-/m0/s1. The largest absolute Gasteiger partial charge is 0.364 e. The fourth-order valence-electron chi connectivity index (χ4n) is 5.40. The number of nitrogens with one attached hydrogen (secondary N) is 2. The number of amides is 4.